The summed E-state index contributed by atoms with van der Waals surface area (Å²) in [6.07, 6.45) is 3.49. The molecule has 0 heterocycles. The van der Waals surface area contributed by atoms with Crippen molar-refractivity contribution in [2.24, 2.45) is 0 Å². The number of amides is 2. The Labute approximate surface area is 212 Å². The van der Waals surface area contributed by atoms with Crippen LogP contribution in [0, 0.1) is 0 Å². The summed E-state index contributed by atoms with van der Waals surface area (Å²) in [6.45, 7) is 4.15. The average molecular weight is 519 g/mol. The van der Waals surface area contributed by atoms with Gasteiger partial charge in [0.05, 0.1) is 19.8 Å². The number of ketones is 1. The number of nitrogens with one attached hydrogen (secondary N) is 2. The normalized spacial score (nSPS) is 11.6. The van der Waals surface area contributed by atoms with Gasteiger partial charge in [0, 0.05) is 45.4 Å². The predicted octanol–water partition coefficient (Wildman–Crippen LogP) is 1.30. The van der Waals surface area contributed by atoms with Crippen molar-refractivity contribution in [1.29, 1.82) is 0 Å². The fraction of sp³-hybridized carbons (Fsp3) is 0.792. The Morgan fingerprint density at radius 3 is 2.08 bits per heavy atom. The van der Waals surface area contributed by atoms with Gasteiger partial charge in [0.25, 0.3) is 0 Å². The average Bonchev–Trinajstić information content (AvgIpc) is 2.82. The van der Waals surface area contributed by atoms with Crippen molar-refractivity contribution in [2.75, 3.05) is 46.2 Å². The first-order chi connectivity index (χ1) is 17.3. The maximum atomic E-state index is 12.0. The molecule has 2 amide bonds. The summed E-state index contributed by atoms with van der Waals surface area (Å²) in [5, 5.41) is 23.0. The first-order valence-electron chi connectivity index (χ1n) is 12.5. The highest BCUT2D eigenvalue weighted by Gasteiger charge is 2.20. The van der Waals surface area contributed by atoms with Gasteiger partial charge >= 0.3 is 11.9 Å². The van der Waals surface area contributed by atoms with Crippen molar-refractivity contribution in [2.45, 2.75) is 77.2 Å². The lowest BCUT2D eigenvalue weighted by Crippen LogP contribution is -2.41. The minimum Gasteiger partial charge on any atom is -0.481 e. The topological polar surface area (TPSA) is 178 Å². The van der Waals surface area contributed by atoms with E-state index in [0.717, 1.165) is 0 Å². The Hall–Kier alpha value is -2.57. The number of hydrogen-bond donors (Lipinski definition) is 4. The van der Waals surface area contributed by atoms with Crippen molar-refractivity contribution in [1.82, 2.24) is 10.6 Å². The van der Waals surface area contributed by atoms with Crippen LogP contribution in [0.25, 0.3) is 0 Å². The first-order valence-corrected chi connectivity index (χ1v) is 12.5. The fourth-order valence-corrected chi connectivity index (χ4v) is 3.08. The van der Waals surface area contributed by atoms with E-state index in [1.807, 2.05) is 6.92 Å². The number of ether oxygens (including phenoxy) is 3. The lowest BCUT2D eigenvalue weighted by atomic mass is 10.1. The second-order valence-electron chi connectivity index (χ2n) is 8.16. The molecule has 0 radical (unpaired) electrons. The van der Waals surface area contributed by atoms with Crippen LogP contribution in [0.15, 0.2) is 0 Å². The van der Waals surface area contributed by atoms with E-state index in [-0.39, 0.29) is 63.6 Å². The Bertz CT molecular complexity index is 657. The Morgan fingerprint density at radius 2 is 1.42 bits per heavy atom. The summed E-state index contributed by atoms with van der Waals surface area (Å²) >= 11 is 0. The van der Waals surface area contributed by atoms with E-state index in [9.17, 15) is 29.1 Å². The Kier molecular flexibility index (Phi) is 21.2. The second-order valence-corrected chi connectivity index (χ2v) is 8.16. The molecule has 0 bridgehead atoms. The van der Waals surface area contributed by atoms with E-state index in [2.05, 4.69) is 10.6 Å². The molecule has 0 aliphatic carbocycles. The van der Waals surface area contributed by atoms with Gasteiger partial charge in [-0.15, -0.1) is 0 Å². The van der Waals surface area contributed by atoms with Gasteiger partial charge in [0.15, 0.2) is 0 Å². The monoisotopic (exact) mass is 518 g/mol. The SMILES string of the molecule is CCOCCNC(=O)COCCOCCCC(=O)CC[C@H](NC(=O)CCCCCCC(=O)O)C(=O)O. The van der Waals surface area contributed by atoms with Crippen LogP contribution in [0.5, 0.6) is 0 Å². The molecule has 4 N–H and O–H groups in total. The van der Waals surface area contributed by atoms with Crippen LogP contribution >= 0.6 is 0 Å². The summed E-state index contributed by atoms with van der Waals surface area (Å²) in [7, 11) is 0. The van der Waals surface area contributed by atoms with Crippen LogP contribution in [0.1, 0.15) is 71.1 Å². The van der Waals surface area contributed by atoms with Gasteiger partial charge in [-0.1, -0.05) is 12.8 Å². The zero-order chi connectivity index (χ0) is 27.0. The third kappa shape index (κ3) is 21.9. The summed E-state index contributed by atoms with van der Waals surface area (Å²) in [6, 6.07) is -1.13. The van der Waals surface area contributed by atoms with Crippen molar-refractivity contribution in [3.63, 3.8) is 0 Å². The Balaban J connectivity index is 3.79. The minimum absolute atomic E-state index is 0.0137. The number of carbonyl (C=O) groups is 5. The quantitative estimate of drug-likeness (QED) is 0.129. The summed E-state index contributed by atoms with van der Waals surface area (Å²) in [5.74, 6) is -2.78. The number of carboxylic acids is 2. The van der Waals surface area contributed by atoms with Crippen LogP contribution in [-0.2, 0) is 38.2 Å². The lowest BCUT2D eigenvalue weighted by Gasteiger charge is -2.14. The van der Waals surface area contributed by atoms with Gasteiger partial charge in [-0.3, -0.25) is 19.2 Å². The smallest absolute Gasteiger partial charge is 0.326 e. The molecule has 0 aliphatic heterocycles. The van der Waals surface area contributed by atoms with Gasteiger partial charge in [0.1, 0.15) is 18.4 Å². The van der Waals surface area contributed by atoms with E-state index in [4.69, 9.17) is 19.3 Å². The van der Waals surface area contributed by atoms with Crippen molar-refractivity contribution < 1.29 is 48.4 Å². The standard InChI is InChI=1S/C24H42N2O10/c1-2-34-15-13-25-22(29)18-36-17-16-35-14-7-8-19(27)11-12-20(24(32)33)26-21(28)9-5-3-4-6-10-23(30)31/h20H,2-18H2,1H3,(H,25,29)(H,26,28)(H,30,31)(H,32,33)/t20-/m0/s1. The molecule has 0 aromatic heterocycles. The number of unbranched alkanes of at least 4 members (excludes halogenated alkanes) is 3. The molecule has 0 saturated carbocycles. The largest absolute Gasteiger partial charge is 0.481 e. The summed E-state index contributed by atoms with van der Waals surface area (Å²) < 4.78 is 15.7. The van der Waals surface area contributed by atoms with Crippen LogP contribution < -0.4 is 10.6 Å². The maximum absolute atomic E-state index is 12.0. The second kappa shape index (κ2) is 22.9. The number of carbonyl (C=O) groups excluding carboxylic acids is 3. The molecule has 0 fully saturated rings. The van der Waals surface area contributed by atoms with Crippen LogP contribution in [-0.4, -0.2) is 92.0 Å². The molecule has 0 unspecified atom stereocenters. The van der Waals surface area contributed by atoms with E-state index in [1.54, 1.807) is 0 Å². The molecule has 0 aromatic carbocycles. The highest BCUT2D eigenvalue weighted by Crippen LogP contribution is 2.07. The van der Waals surface area contributed by atoms with E-state index in [0.29, 0.717) is 58.5 Å². The zero-order valence-corrected chi connectivity index (χ0v) is 21.3. The predicted molar refractivity (Wildman–Crippen MR) is 130 cm³/mol. The van der Waals surface area contributed by atoms with Crippen LogP contribution in [0.2, 0.25) is 0 Å². The third-order valence-electron chi connectivity index (χ3n) is 5.01. The molecule has 0 aliphatic rings. The van der Waals surface area contributed by atoms with Crippen molar-refractivity contribution in [3.05, 3.63) is 0 Å². The first kappa shape index (κ1) is 33.4. The van der Waals surface area contributed by atoms with Gasteiger partial charge in [-0.25, -0.2) is 4.79 Å². The molecule has 12 nitrogen and oxygen atoms in total. The lowest BCUT2D eigenvalue weighted by molar-refractivity contribution is -0.142. The fourth-order valence-electron chi connectivity index (χ4n) is 3.08. The molecule has 0 rings (SSSR count). The van der Waals surface area contributed by atoms with Crippen molar-refractivity contribution >= 4 is 29.5 Å². The maximum Gasteiger partial charge on any atom is 0.326 e. The molecule has 0 spiro atoms. The summed E-state index contributed by atoms with van der Waals surface area (Å²) in [4.78, 5) is 57.3. The van der Waals surface area contributed by atoms with Crippen molar-refractivity contribution in [3.8, 4) is 0 Å². The molecule has 12 heteroatoms. The van der Waals surface area contributed by atoms with Gasteiger partial charge in [0.2, 0.25) is 11.8 Å². The van der Waals surface area contributed by atoms with E-state index < -0.39 is 23.9 Å². The highest BCUT2D eigenvalue weighted by atomic mass is 16.5. The van der Waals surface area contributed by atoms with Gasteiger partial charge in [-0.05, 0) is 32.6 Å². The highest BCUT2D eigenvalue weighted by molar-refractivity contribution is 5.84. The number of carboxylic acid groups (broad SMARTS) is 2. The van der Waals surface area contributed by atoms with E-state index >= 15 is 0 Å². The molecular weight excluding hydrogens is 476 g/mol. The number of hydrogen-bond acceptors (Lipinski definition) is 8. The van der Waals surface area contributed by atoms with Gasteiger partial charge in [-0.2, -0.15) is 0 Å². The van der Waals surface area contributed by atoms with Crippen LogP contribution in [0.3, 0.4) is 0 Å². The summed E-state index contributed by atoms with van der Waals surface area (Å²) in [5.41, 5.74) is 0. The molecule has 0 saturated heterocycles. The Morgan fingerprint density at radius 1 is 0.722 bits per heavy atom. The molecule has 1 atom stereocenters. The van der Waals surface area contributed by atoms with Gasteiger partial charge < -0.3 is 35.1 Å². The molecule has 36 heavy (non-hydrogen) atoms. The molecule has 208 valence electrons. The third-order valence-corrected chi connectivity index (χ3v) is 5.01. The number of rotatable bonds is 25. The number of Topliss-reactive ketones (excluding diaryl/α,β-unsaturated/α-hetero) is 1. The van der Waals surface area contributed by atoms with Crippen LogP contribution in [0.4, 0.5) is 0 Å². The molecule has 0 aromatic rings. The zero-order valence-electron chi connectivity index (χ0n) is 21.3. The number of aliphatic carboxylic acids is 2. The minimum atomic E-state index is -1.19. The molecular formula is C24H42N2O10. The van der Waals surface area contributed by atoms with E-state index in [1.165, 1.54) is 0 Å².